The van der Waals surface area contributed by atoms with Crippen molar-refractivity contribution in [3.63, 3.8) is 0 Å². The molecule has 3 aromatic rings. The zero-order chi connectivity index (χ0) is 13.2. The molecule has 2 nitrogen and oxygen atoms in total. The highest BCUT2D eigenvalue weighted by Crippen LogP contribution is 2.26. The van der Waals surface area contributed by atoms with Crippen molar-refractivity contribution in [3.8, 4) is 11.4 Å². The molecule has 3 rings (SSSR count). The molecule has 19 heavy (non-hydrogen) atoms. The van der Waals surface area contributed by atoms with E-state index in [0.29, 0.717) is 17.9 Å². The van der Waals surface area contributed by atoms with Crippen molar-refractivity contribution in [2.24, 2.45) is 0 Å². The molecule has 0 atom stereocenters. The number of benzene rings is 2. The van der Waals surface area contributed by atoms with E-state index in [1.165, 1.54) is 6.07 Å². The Morgan fingerprint density at radius 3 is 2.63 bits per heavy atom. The molecule has 1 aromatic heterocycles. The van der Waals surface area contributed by atoms with E-state index in [0.717, 1.165) is 11.0 Å². The number of rotatable bonds is 3. The van der Waals surface area contributed by atoms with Gasteiger partial charge in [0.2, 0.25) is 0 Å². The quantitative estimate of drug-likeness (QED) is 0.643. The number of nitrogens with zero attached hydrogens (tertiary/aromatic N) is 2. The van der Waals surface area contributed by atoms with Gasteiger partial charge in [-0.1, -0.05) is 30.3 Å². The predicted octanol–water partition coefficient (Wildman–Crippen LogP) is 4.03. The van der Waals surface area contributed by atoms with Crippen LogP contribution in [0.15, 0.2) is 61.2 Å². The van der Waals surface area contributed by atoms with Crippen LogP contribution in [0.4, 0.5) is 4.39 Å². The SMILES string of the molecule is C=CCn1c(-c2ccccc2F)nc2ccccc21. The molecule has 0 aliphatic carbocycles. The van der Waals surface area contributed by atoms with E-state index in [4.69, 9.17) is 0 Å². The Morgan fingerprint density at radius 1 is 1.11 bits per heavy atom. The van der Waals surface area contributed by atoms with Gasteiger partial charge in [-0.25, -0.2) is 9.37 Å². The average molecular weight is 252 g/mol. The van der Waals surface area contributed by atoms with Crippen molar-refractivity contribution in [2.45, 2.75) is 6.54 Å². The number of para-hydroxylation sites is 2. The Labute approximate surface area is 110 Å². The molecular weight excluding hydrogens is 239 g/mol. The Hall–Kier alpha value is -2.42. The number of aromatic nitrogens is 2. The van der Waals surface area contributed by atoms with E-state index >= 15 is 0 Å². The molecule has 3 heteroatoms. The van der Waals surface area contributed by atoms with Crippen molar-refractivity contribution >= 4 is 11.0 Å². The third-order valence-electron chi connectivity index (χ3n) is 3.08. The lowest BCUT2D eigenvalue weighted by atomic mass is 10.2. The second-order valence-electron chi connectivity index (χ2n) is 4.30. The monoisotopic (exact) mass is 252 g/mol. The topological polar surface area (TPSA) is 17.8 Å². The molecule has 0 aliphatic rings. The van der Waals surface area contributed by atoms with Gasteiger partial charge in [0, 0.05) is 6.54 Å². The second-order valence-corrected chi connectivity index (χ2v) is 4.30. The van der Waals surface area contributed by atoms with Crippen LogP contribution in [-0.4, -0.2) is 9.55 Å². The summed E-state index contributed by atoms with van der Waals surface area (Å²) in [5, 5.41) is 0. The Kier molecular flexibility index (Phi) is 2.88. The molecule has 0 radical (unpaired) electrons. The van der Waals surface area contributed by atoms with E-state index in [2.05, 4.69) is 11.6 Å². The number of hydrogen-bond acceptors (Lipinski definition) is 1. The van der Waals surface area contributed by atoms with Crippen molar-refractivity contribution in [1.29, 1.82) is 0 Å². The lowest BCUT2D eigenvalue weighted by Crippen LogP contribution is -1.99. The lowest BCUT2D eigenvalue weighted by molar-refractivity contribution is 0.628. The maximum atomic E-state index is 13.9. The molecule has 0 aliphatic heterocycles. The number of hydrogen-bond donors (Lipinski definition) is 0. The van der Waals surface area contributed by atoms with E-state index in [-0.39, 0.29) is 5.82 Å². The van der Waals surface area contributed by atoms with Crippen LogP contribution in [-0.2, 0) is 6.54 Å². The van der Waals surface area contributed by atoms with Crippen molar-refractivity contribution in [1.82, 2.24) is 9.55 Å². The summed E-state index contributed by atoms with van der Waals surface area (Å²) in [5.41, 5.74) is 2.36. The number of halogens is 1. The minimum absolute atomic E-state index is 0.261. The van der Waals surface area contributed by atoms with Crippen LogP contribution in [0.2, 0.25) is 0 Å². The molecule has 0 amide bonds. The molecule has 0 fully saturated rings. The second kappa shape index (κ2) is 4.69. The van der Waals surface area contributed by atoms with Gasteiger partial charge in [-0.15, -0.1) is 6.58 Å². The molecule has 1 heterocycles. The predicted molar refractivity (Wildman–Crippen MR) is 75.3 cm³/mol. The standard InChI is InChI=1S/C16H13FN2/c1-2-11-19-15-10-6-5-9-14(15)18-16(19)12-7-3-4-8-13(12)17/h2-10H,1,11H2. The number of allylic oxidation sites excluding steroid dienone is 1. The number of fused-ring (bicyclic) bond motifs is 1. The van der Waals surface area contributed by atoms with Crippen LogP contribution in [0.3, 0.4) is 0 Å². The summed E-state index contributed by atoms with van der Waals surface area (Å²) in [6, 6.07) is 14.5. The van der Waals surface area contributed by atoms with Crippen LogP contribution >= 0.6 is 0 Å². The summed E-state index contributed by atoms with van der Waals surface area (Å²) >= 11 is 0. The molecule has 0 bridgehead atoms. The zero-order valence-electron chi connectivity index (χ0n) is 10.4. The Morgan fingerprint density at radius 2 is 1.84 bits per heavy atom. The van der Waals surface area contributed by atoms with E-state index < -0.39 is 0 Å². The highest BCUT2D eigenvalue weighted by Gasteiger charge is 2.14. The fourth-order valence-corrected chi connectivity index (χ4v) is 2.24. The normalized spacial score (nSPS) is 10.8. The van der Waals surface area contributed by atoms with Crippen LogP contribution < -0.4 is 0 Å². The van der Waals surface area contributed by atoms with Gasteiger partial charge in [-0.2, -0.15) is 0 Å². The number of imidazole rings is 1. The summed E-state index contributed by atoms with van der Waals surface area (Å²) in [5.74, 6) is 0.377. The molecule has 2 aromatic carbocycles. The summed E-state index contributed by atoms with van der Waals surface area (Å²) in [6.07, 6.45) is 1.79. The first-order valence-corrected chi connectivity index (χ1v) is 6.12. The van der Waals surface area contributed by atoms with Crippen LogP contribution in [0.25, 0.3) is 22.4 Å². The first-order valence-electron chi connectivity index (χ1n) is 6.12. The van der Waals surface area contributed by atoms with Gasteiger partial charge in [0.1, 0.15) is 11.6 Å². The molecule has 0 unspecified atom stereocenters. The summed E-state index contributed by atoms with van der Waals surface area (Å²) in [7, 11) is 0. The van der Waals surface area contributed by atoms with Gasteiger partial charge in [0.25, 0.3) is 0 Å². The molecule has 94 valence electrons. The third-order valence-corrected chi connectivity index (χ3v) is 3.08. The van der Waals surface area contributed by atoms with Gasteiger partial charge in [0.05, 0.1) is 16.6 Å². The molecule has 0 saturated heterocycles. The van der Waals surface area contributed by atoms with E-state index in [1.54, 1.807) is 18.2 Å². The molecule has 0 N–H and O–H groups in total. The minimum atomic E-state index is -0.261. The highest BCUT2D eigenvalue weighted by atomic mass is 19.1. The zero-order valence-corrected chi connectivity index (χ0v) is 10.4. The van der Waals surface area contributed by atoms with Crippen molar-refractivity contribution in [2.75, 3.05) is 0 Å². The van der Waals surface area contributed by atoms with Crippen molar-refractivity contribution < 1.29 is 4.39 Å². The fraction of sp³-hybridized carbons (Fsp3) is 0.0625. The molecular formula is C16H13FN2. The van der Waals surface area contributed by atoms with Crippen molar-refractivity contribution in [3.05, 3.63) is 67.0 Å². The Bertz CT molecular complexity index is 743. The summed E-state index contributed by atoms with van der Waals surface area (Å²) in [6.45, 7) is 4.36. The van der Waals surface area contributed by atoms with E-state index in [9.17, 15) is 4.39 Å². The molecule has 0 spiro atoms. The van der Waals surface area contributed by atoms with Gasteiger partial charge in [-0.05, 0) is 24.3 Å². The van der Waals surface area contributed by atoms with Crippen LogP contribution in [0, 0.1) is 5.82 Å². The van der Waals surface area contributed by atoms with Gasteiger partial charge < -0.3 is 4.57 Å². The Balaban J connectivity index is 2.31. The summed E-state index contributed by atoms with van der Waals surface area (Å²) < 4.78 is 15.9. The third kappa shape index (κ3) is 1.93. The smallest absolute Gasteiger partial charge is 0.144 e. The maximum Gasteiger partial charge on any atom is 0.144 e. The van der Waals surface area contributed by atoms with Gasteiger partial charge >= 0.3 is 0 Å². The van der Waals surface area contributed by atoms with Crippen LogP contribution in [0.1, 0.15) is 0 Å². The van der Waals surface area contributed by atoms with E-state index in [1.807, 2.05) is 34.9 Å². The molecule has 0 saturated carbocycles. The first kappa shape index (κ1) is 11.7. The maximum absolute atomic E-state index is 13.9. The lowest BCUT2D eigenvalue weighted by Gasteiger charge is -2.07. The fourth-order valence-electron chi connectivity index (χ4n) is 2.24. The minimum Gasteiger partial charge on any atom is -0.320 e. The first-order chi connectivity index (χ1) is 9.31. The van der Waals surface area contributed by atoms with Crippen LogP contribution in [0.5, 0.6) is 0 Å². The summed E-state index contributed by atoms with van der Waals surface area (Å²) in [4.78, 5) is 4.54. The highest BCUT2D eigenvalue weighted by molar-refractivity contribution is 5.80. The average Bonchev–Trinajstić information content (AvgIpc) is 2.79. The van der Waals surface area contributed by atoms with Gasteiger partial charge in [-0.3, -0.25) is 0 Å². The van der Waals surface area contributed by atoms with Gasteiger partial charge in [0.15, 0.2) is 0 Å². The largest absolute Gasteiger partial charge is 0.320 e.